The largest absolute Gasteiger partial charge is 0.490 e. The summed E-state index contributed by atoms with van der Waals surface area (Å²) in [4.78, 5) is 24.7. The van der Waals surface area contributed by atoms with Crippen LogP contribution < -0.4 is 20.2 Å². The summed E-state index contributed by atoms with van der Waals surface area (Å²) >= 11 is 4.58. The highest BCUT2D eigenvalue weighted by Crippen LogP contribution is 2.23. The number of hydrazone groups is 1. The minimum absolute atomic E-state index is 0.0340. The number of carbonyl (C=O) groups excluding carboxylic acids is 2. The van der Waals surface area contributed by atoms with Crippen LogP contribution in [0.5, 0.6) is 11.5 Å². The normalized spacial score (nSPS) is 11.7. The number of carbonyl (C=O) groups is 2. The van der Waals surface area contributed by atoms with E-state index < -0.39 is 0 Å². The van der Waals surface area contributed by atoms with Crippen molar-refractivity contribution in [3.05, 3.63) is 99.0 Å². The van der Waals surface area contributed by atoms with Gasteiger partial charge in [-0.2, -0.15) is 5.10 Å². The summed E-state index contributed by atoms with van der Waals surface area (Å²) < 4.78 is 12.6. The van der Waals surface area contributed by atoms with Gasteiger partial charge in [0.15, 0.2) is 0 Å². The highest BCUT2D eigenvalue weighted by Gasteiger charge is 2.12. The first-order chi connectivity index (χ1) is 19.9. The number of ether oxygens (including phenoxy) is 2. The summed E-state index contributed by atoms with van der Waals surface area (Å²) in [5.74, 6) is 1.25. The maximum atomic E-state index is 12.4. The van der Waals surface area contributed by atoms with Crippen LogP contribution in [-0.2, 0) is 11.2 Å². The Morgan fingerprint density at radius 2 is 1.78 bits per heavy atom. The highest BCUT2D eigenvalue weighted by molar-refractivity contribution is 9.10. The van der Waals surface area contributed by atoms with Crippen LogP contribution in [0.3, 0.4) is 0 Å². The number of amides is 2. The van der Waals surface area contributed by atoms with Gasteiger partial charge in [-0.25, -0.2) is 5.43 Å². The topological polar surface area (TPSA) is 115 Å². The van der Waals surface area contributed by atoms with Crippen LogP contribution in [0.2, 0.25) is 0 Å². The number of hydrogen-bond donors (Lipinski definition) is 2. The number of nitrogens with zero attached hydrogens (tertiary/aromatic N) is 3. The number of benzene rings is 3. The van der Waals surface area contributed by atoms with Crippen molar-refractivity contribution in [1.29, 1.82) is 0 Å². The lowest BCUT2D eigenvalue weighted by Gasteiger charge is -2.12. The van der Waals surface area contributed by atoms with E-state index in [1.807, 2.05) is 36.4 Å². The van der Waals surface area contributed by atoms with E-state index in [0.717, 1.165) is 28.0 Å². The summed E-state index contributed by atoms with van der Waals surface area (Å²) in [7, 11) is 0. The van der Waals surface area contributed by atoms with Crippen LogP contribution in [0.25, 0.3) is 0 Å². The van der Waals surface area contributed by atoms with Crippen molar-refractivity contribution in [2.24, 2.45) is 5.10 Å². The molecule has 0 fully saturated rings. The van der Waals surface area contributed by atoms with Gasteiger partial charge < -0.3 is 9.47 Å². The Balaban J connectivity index is 1.24. The van der Waals surface area contributed by atoms with Crippen molar-refractivity contribution >= 4 is 50.4 Å². The van der Waals surface area contributed by atoms with E-state index in [0.29, 0.717) is 46.1 Å². The molecular formula is C30H30BrN5O4S. The molecule has 0 aliphatic carbocycles. The van der Waals surface area contributed by atoms with E-state index in [2.05, 4.69) is 68.0 Å². The number of halogens is 1. The summed E-state index contributed by atoms with van der Waals surface area (Å²) in [5.41, 5.74) is 4.97. The van der Waals surface area contributed by atoms with Gasteiger partial charge in [0.25, 0.3) is 5.91 Å². The van der Waals surface area contributed by atoms with Gasteiger partial charge in [-0.15, -0.1) is 10.2 Å². The molecule has 0 aliphatic rings. The third-order valence-corrected chi connectivity index (χ3v) is 7.40. The van der Waals surface area contributed by atoms with Crippen molar-refractivity contribution in [1.82, 2.24) is 15.6 Å². The summed E-state index contributed by atoms with van der Waals surface area (Å²) in [6, 6.07) is 22.4. The minimum Gasteiger partial charge on any atom is -0.490 e. The molecule has 2 amide bonds. The number of hydrogen-bond acceptors (Lipinski definition) is 8. The molecule has 4 rings (SSSR count). The Bertz CT molecular complexity index is 1480. The first-order valence-electron chi connectivity index (χ1n) is 13.1. The Morgan fingerprint density at radius 3 is 2.54 bits per heavy atom. The molecule has 0 radical (unpaired) electrons. The average Bonchev–Trinajstić information content (AvgIpc) is 3.42. The van der Waals surface area contributed by atoms with E-state index in [1.54, 1.807) is 24.3 Å². The van der Waals surface area contributed by atoms with Crippen molar-refractivity contribution in [3.63, 3.8) is 0 Å². The molecule has 4 aromatic rings. The van der Waals surface area contributed by atoms with E-state index in [9.17, 15) is 9.59 Å². The third kappa shape index (κ3) is 9.22. The zero-order valence-electron chi connectivity index (χ0n) is 22.7. The van der Waals surface area contributed by atoms with Crippen LogP contribution >= 0.6 is 27.3 Å². The quantitative estimate of drug-likeness (QED) is 0.102. The number of nitrogens with one attached hydrogen (secondary N) is 2. The van der Waals surface area contributed by atoms with Crippen molar-refractivity contribution in [2.45, 2.75) is 32.6 Å². The SMILES string of the molecule is CC[C@@H](C)c1ccc(OCCOc2ccc(Br)cc2/C=N\NC(=O)Cc2nnc(NC(=O)c3ccccc3)s2)cc1. The van der Waals surface area contributed by atoms with Gasteiger partial charge in [0.05, 0.1) is 12.6 Å². The molecule has 212 valence electrons. The van der Waals surface area contributed by atoms with Gasteiger partial charge in [0.2, 0.25) is 11.0 Å². The molecule has 0 spiro atoms. The van der Waals surface area contributed by atoms with Crippen LogP contribution in [0.4, 0.5) is 5.13 Å². The average molecular weight is 637 g/mol. The van der Waals surface area contributed by atoms with Crippen molar-refractivity contribution in [3.8, 4) is 11.5 Å². The van der Waals surface area contributed by atoms with Gasteiger partial charge in [-0.3, -0.25) is 14.9 Å². The third-order valence-electron chi connectivity index (χ3n) is 6.07. The van der Waals surface area contributed by atoms with Crippen LogP contribution in [0.1, 0.15) is 52.7 Å². The molecule has 1 aromatic heterocycles. The van der Waals surface area contributed by atoms with E-state index >= 15 is 0 Å². The standard InChI is InChI=1S/C30H30BrN5O4S/c1-3-20(2)21-9-12-25(13-10-21)39-15-16-40-26-14-11-24(31)17-23(26)19-32-34-27(37)18-28-35-36-30(41-28)33-29(38)22-7-5-4-6-8-22/h4-14,17,19-20H,3,15-16,18H2,1-2H3,(H,34,37)(H,33,36,38)/b32-19-/t20-/m1/s1. The molecular weight excluding hydrogens is 606 g/mol. The van der Waals surface area contributed by atoms with E-state index in [-0.39, 0.29) is 18.2 Å². The predicted octanol–water partition coefficient (Wildman–Crippen LogP) is 6.22. The monoisotopic (exact) mass is 635 g/mol. The molecule has 0 saturated carbocycles. The Morgan fingerprint density at radius 1 is 1.02 bits per heavy atom. The first-order valence-corrected chi connectivity index (χ1v) is 14.7. The van der Waals surface area contributed by atoms with Gasteiger partial charge in [0, 0.05) is 15.6 Å². The number of anilines is 1. The molecule has 1 heterocycles. The second kappa shape index (κ2) is 15.1. The van der Waals surface area contributed by atoms with E-state index in [4.69, 9.17) is 9.47 Å². The molecule has 11 heteroatoms. The number of rotatable bonds is 13. The van der Waals surface area contributed by atoms with Gasteiger partial charge in [-0.05, 0) is 60.4 Å². The van der Waals surface area contributed by atoms with Crippen LogP contribution in [0, 0.1) is 0 Å². The molecule has 0 saturated heterocycles. The summed E-state index contributed by atoms with van der Waals surface area (Å²) in [5, 5.41) is 15.4. The molecule has 2 N–H and O–H groups in total. The Kier molecular flexibility index (Phi) is 11.0. The molecule has 0 aliphatic heterocycles. The number of aromatic nitrogens is 2. The van der Waals surface area contributed by atoms with Gasteiger partial charge in [0.1, 0.15) is 29.7 Å². The zero-order chi connectivity index (χ0) is 29.0. The molecule has 9 nitrogen and oxygen atoms in total. The lowest BCUT2D eigenvalue weighted by atomic mass is 9.99. The molecule has 0 unspecified atom stereocenters. The minimum atomic E-state index is -0.372. The predicted molar refractivity (Wildman–Crippen MR) is 164 cm³/mol. The first kappa shape index (κ1) is 29.9. The Hall–Kier alpha value is -4.09. The molecule has 1 atom stereocenters. The van der Waals surface area contributed by atoms with Crippen molar-refractivity contribution < 1.29 is 19.1 Å². The fourth-order valence-electron chi connectivity index (χ4n) is 3.68. The maximum absolute atomic E-state index is 12.4. The van der Waals surface area contributed by atoms with E-state index in [1.165, 1.54) is 11.8 Å². The van der Waals surface area contributed by atoms with Crippen molar-refractivity contribution in [2.75, 3.05) is 18.5 Å². The van der Waals surface area contributed by atoms with Gasteiger partial charge in [-0.1, -0.05) is 71.4 Å². The lowest BCUT2D eigenvalue weighted by Crippen LogP contribution is -2.19. The summed E-state index contributed by atoms with van der Waals surface area (Å²) in [6.45, 7) is 5.09. The smallest absolute Gasteiger partial charge is 0.257 e. The molecule has 3 aromatic carbocycles. The lowest BCUT2D eigenvalue weighted by molar-refractivity contribution is -0.120. The van der Waals surface area contributed by atoms with Crippen LogP contribution in [0.15, 0.2) is 82.4 Å². The fraction of sp³-hybridized carbons (Fsp3) is 0.233. The molecule has 41 heavy (non-hydrogen) atoms. The second-order valence-corrected chi connectivity index (χ2v) is 11.0. The van der Waals surface area contributed by atoms with Crippen LogP contribution in [-0.4, -0.2) is 41.4 Å². The Labute approximate surface area is 251 Å². The summed E-state index contributed by atoms with van der Waals surface area (Å²) in [6.07, 6.45) is 2.57. The highest BCUT2D eigenvalue weighted by atomic mass is 79.9. The second-order valence-electron chi connectivity index (χ2n) is 9.05. The maximum Gasteiger partial charge on any atom is 0.257 e. The molecule has 0 bridgehead atoms. The van der Waals surface area contributed by atoms with Gasteiger partial charge >= 0.3 is 0 Å². The fourth-order valence-corrected chi connectivity index (χ4v) is 4.79. The zero-order valence-corrected chi connectivity index (χ0v) is 25.1.